The first-order chi connectivity index (χ1) is 14.1. The van der Waals surface area contributed by atoms with Gasteiger partial charge in [-0.05, 0) is 57.2 Å². The summed E-state index contributed by atoms with van der Waals surface area (Å²) in [6.07, 6.45) is -0.713. The lowest BCUT2D eigenvalue weighted by Gasteiger charge is -2.24. The van der Waals surface area contributed by atoms with Gasteiger partial charge in [0.05, 0.1) is 5.52 Å². The fraction of sp³-hybridized carbons (Fsp3) is 0.286. The molecule has 0 bridgehead atoms. The Labute approximate surface area is 171 Å². The number of fused-ring (bicyclic) bond motifs is 1. The smallest absolute Gasteiger partial charge is 0.408 e. The first-order valence-electron chi connectivity index (χ1n) is 9.30. The van der Waals surface area contributed by atoms with Gasteiger partial charge in [0.1, 0.15) is 34.5 Å². The molecule has 0 spiro atoms. The summed E-state index contributed by atoms with van der Waals surface area (Å²) in [4.78, 5) is 31.6. The van der Waals surface area contributed by atoms with Crippen LogP contribution in [0.25, 0.3) is 10.9 Å². The molecule has 0 unspecified atom stereocenters. The number of nitrogens with one attached hydrogen (secondary N) is 3. The number of aromatic amines is 1. The molecule has 0 radical (unpaired) electrons. The molecule has 3 N–H and O–H groups in total. The van der Waals surface area contributed by atoms with E-state index in [4.69, 9.17) is 4.74 Å². The zero-order chi connectivity index (χ0) is 21.9. The number of halogens is 2. The molecule has 30 heavy (non-hydrogen) atoms. The van der Waals surface area contributed by atoms with E-state index in [-0.39, 0.29) is 29.1 Å². The van der Waals surface area contributed by atoms with Crippen LogP contribution in [0.3, 0.4) is 0 Å². The van der Waals surface area contributed by atoms with Gasteiger partial charge in [0.15, 0.2) is 0 Å². The van der Waals surface area contributed by atoms with E-state index < -0.39 is 29.1 Å². The second kappa shape index (κ2) is 8.48. The van der Waals surface area contributed by atoms with Crippen molar-refractivity contribution in [3.05, 3.63) is 70.3 Å². The molecule has 0 aliphatic rings. The van der Waals surface area contributed by atoms with Crippen LogP contribution in [0, 0.1) is 11.6 Å². The molecule has 1 heterocycles. The molecular formula is C21H22F2N4O3. The Hall–Kier alpha value is -3.49. The summed E-state index contributed by atoms with van der Waals surface area (Å²) in [6, 6.07) is 8.96. The first kappa shape index (κ1) is 21.2. The molecule has 1 amide bonds. The summed E-state index contributed by atoms with van der Waals surface area (Å²) in [5.41, 5.74) is -0.634. The van der Waals surface area contributed by atoms with Crippen molar-refractivity contribution in [2.45, 2.75) is 32.4 Å². The number of hydrogen-bond acceptors (Lipinski definition) is 5. The van der Waals surface area contributed by atoms with Gasteiger partial charge in [-0.15, -0.1) is 0 Å². The summed E-state index contributed by atoms with van der Waals surface area (Å²) in [5, 5.41) is 5.54. The number of rotatable bonds is 5. The number of alkyl carbamates (subject to hydrolysis) is 1. The quantitative estimate of drug-likeness (QED) is 0.587. The topological polar surface area (TPSA) is 96.1 Å². The predicted molar refractivity (Wildman–Crippen MR) is 109 cm³/mol. The van der Waals surface area contributed by atoms with E-state index in [0.717, 1.165) is 0 Å². The van der Waals surface area contributed by atoms with Crippen molar-refractivity contribution < 1.29 is 18.3 Å². The molecule has 7 nitrogen and oxygen atoms in total. The van der Waals surface area contributed by atoms with Crippen molar-refractivity contribution in [1.29, 1.82) is 0 Å². The molecule has 0 saturated carbocycles. The van der Waals surface area contributed by atoms with Crippen LogP contribution in [0.2, 0.25) is 0 Å². The van der Waals surface area contributed by atoms with Crippen LogP contribution in [-0.2, 0) is 4.74 Å². The monoisotopic (exact) mass is 416 g/mol. The maximum atomic E-state index is 14.0. The van der Waals surface area contributed by atoms with Gasteiger partial charge in [0.25, 0.3) is 5.56 Å². The van der Waals surface area contributed by atoms with Gasteiger partial charge in [-0.1, -0.05) is 6.07 Å². The largest absolute Gasteiger partial charge is 0.444 e. The number of anilines is 1. The molecule has 3 rings (SSSR count). The van der Waals surface area contributed by atoms with Crippen molar-refractivity contribution in [3.8, 4) is 0 Å². The Bertz CT molecular complexity index is 1110. The molecule has 2 aromatic carbocycles. The van der Waals surface area contributed by atoms with Gasteiger partial charge >= 0.3 is 6.09 Å². The molecule has 1 atom stereocenters. The normalized spacial score (nSPS) is 12.4. The van der Waals surface area contributed by atoms with Crippen LogP contribution in [0.1, 0.15) is 32.6 Å². The molecule has 1 aromatic heterocycles. The molecule has 0 aliphatic heterocycles. The minimum Gasteiger partial charge on any atom is -0.444 e. The average molecular weight is 416 g/mol. The van der Waals surface area contributed by atoms with Crippen molar-refractivity contribution in [2.24, 2.45) is 0 Å². The fourth-order valence-electron chi connectivity index (χ4n) is 2.79. The van der Waals surface area contributed by atoms with E-state index in [1.54, 1.807) is 20.8 Å². The Kier molecular flexibility index (Phi) is 6.00. The molecule has 0 fully saturated rings. The van der Waals surface area contributed by atoms with E-state index in [0.29, 0.717) is 5.69 Å². The third kappa shape index (κ3) is 5.31. The van der Waals surface area contributed by atoms with Crippen LogP contribution in [-0.4, -0.2) is 28.2 Å². The second-order valence-electron chi connectivity index (χ2n) is 7.67. The van der Waals surface area contributed by atoms with E-state index in [2.05, 4.69) is 20.6 Å². The van der Waals surface area contributed by atoms with Crippen LogP contribution in [0.4, 0.5) is 19.3 Å². The number of carbonyl (C=O) groups excluding carboxylic acids is 1. The summed E-state index contributed by atoms with van der Waals surface area (Å²) in [6.45, 7) is 5.26. The number of H-pyrrole nitrogens is 1. The number of ether oxygens (including phenoxy) is 1. The number of benzene rings is 2. The highest BCUT2D eigenvalue weighted by atomic mass is 19.1. The SMILES string of the molecule is CC(C)(C)OC(=O)N[C@@H](CNc1ccc(F)cc1)c1nc2cccc(F)c2c(=O)[nH]1. The van der Waals surface area contributed by atoms with Gasteiger partial charge in [-0.25, -0.2) is 18.6 Å². The van der Waals surface area contributed by atoms with Crippen LogP contribution < -0.4 is 16.2 Å². The lowest BCUT2D eigenvalue weighted by atomic mass is 10.2. The van der Waals surface area contributed by atoms with Crippen molar-refractivity contribution >= 4 is 22.7 Å². The highest BCUT2D eigenvalue weighted by Crippen LogP contribution is 2.17. The zero-order valence-electron chi connectivity index (χ0n) is 16.8. The summed E-state index contributed by atoms with van der Waals surface area (Å²) >= 11 is 0. The minimum absolute atomic E-state index is 0.106. The summed E-state index contributed by atoms with van der Waals surface area (Å²) < 4.78 is 32.4. The lowest BCUT2D eigenvalue weighted by molar-refractivity contribution is 0.0504. The summed E-state index contributed by atoms with van der Waals surface area (Å²) in [7, 11) is 0. The third-order valence-corrected chi connectivity index (χ3v) is 4.08. The van der Waals surface area contributed by atoms with Crippen molar-refractivity contribution in [2.75, 3.05) is 11.9 Å². The molecule has 9 heteroatoms. The first-order valence-corrected chi connectivity index (χ1v) is 9.30. The molecular weight excluding hydrogens is 394 g/mol. The molecule has 3 aromatic rings. The van der Waals surface area contributed by atoms with Crippen LogP contribution >= 0.6 is 0 Å². The van der Waals surface area contributed by atoms with Gasteiger partial charge < -0.3 is 20.4 Å². The van der Waals surface area contributed by atoms with Crippen LogP contribution in [0.15, 0.2) is 47.3 Å². The predicted octanol–water partition coefficient (Wildman–Crippen LogP) is 3.88. The molecule has 0 aliphatic carbocycles. The molecule has 158 valence electrons. The Balaban J connectivity index is 1.91. The van der Waals surface area contributed by atoms with E-state index in [1.165, 1.54) is 42.5 Å². The van der Waals surface area contributed by atoms with Gasteiger partial charge in [-0.3, -0.25) is 4.79 Å². The Morgan fingerprint density at radius 3 is 2.53 bits per heavy atom. The fourth-order valence-corrected chi connectivity index (χ4v) is 2.79. The maximum Gasteiger partial charge on any atom is 0.408 e. The van der Waals surface area contributed by atoms with E-state index in [1.807, 2.05) is 0 Å². The van der Waals surface area contributed by atoms with Crippen molar-refractivity contribution in [3.63, 3.8) is 0 Å². The highest BCUT2D eigenvalue weighted by Gasteiger charge is 2.23. The average Bonchev–Trinajstić information content (AvgIpc) is 2.64. The third-order valence-electron chi connectivity index (χ3n) is 4.08. The minimum atomic E-state index is -0.815. The number of nitrogens with zero attached hydrogens (tertiary/aromatic N) is 1. The number of carbonyl (C=O) groups is 1. The number of aromatic nitrogens is 2. The Morgan fingerprint density at radius 1 is 1.17 bits per heavy atom. The Morgan fingerprint density at radius 2 is 1.87 bits per heavy atom. The van der Waals surface area contributed by atoms with Gasteiger partial charge in [0.2, 0.25) is 0 Å². The maximum absolute atomic E-state index is 14.0. The molecule has 0 saturated heterocycles. The number of hydrogen-bond donors (Lipinski definition) is 3. The highest BCUT2D eigenvalue weighted by molar-refractivity contribution is 5.78. The van der Waals surface area contributed by atoms with Gasteiger partial charge in [-0.2, -0.15) is 0 Å². The lowest BCUT2D eigenvalue weighted by Crippen LogP contribution is -2.39. The number of amides is 1. The standard InChI is InChI=1S/C21H22F2N4O3/c1-21(2,3)30-20(29)26-16(11-24-13-9-7-12(22)8-10-13)18-25-15-6-4-5-14(23)17(15)19(28)27-18/h4-10,16,24H,11H2,1-3H3,(H,26,29)(H,25,27,28)/t16-/m0/s1. The van der Waals surface area contributed by atoms with E-state index >= 15 is 0 Å². The van der Waals surface area contributed by atoms with Crippen LogP contribution in [0.5, 0.6) is 0 Å². The second-order valence-corrected chi connectivity index (χ2v) is 7.67. The summed E-state index contributed by atoms with van der Waals surface area (Å²) in [5.74, 6) is -0.945. The van der Waals surface area contributed by atoms with Gasteiger partial charge in [0, 0.05) is 12.2 Å². The van der Waals surface area contributed by atoms with Crippen molar-refractivity contribution in [1.82, 2.24) is 15.3 Å². The zero-order valence-corrected chi connectivity index (χ0v) is 16.8. The van der Waals surface area contributed by atoms with E-state index in [9.17, 15) is 18.4 Å².